The van der Waals surface area contributed by atoms with Crippen LogP contribution in [-0.4, -0.2) is 52.1 Å². The first-order valence-corrected chi connectivity index (χ1v) is 12.7. The van der Waals surface area contributed by atoms with Gasteiger partial charge in [-0.2, -0.15) is 0 Å². The van der Waals surface area contributed by atoms with E-state index in [4.69, 9.17) is 5.11 Å². The Morgan fingerprint density at radius 2 is 1.94 bits per heavy atom. The van der Waals surface area contributed by atoms with Crippen LogP contribution in [-0.2, 0) is 11.3 Å². The van der Waals surface area contributed by atoms with Crippen LogP contribution in [0.1, 0.15) is 49.8 Å². The van der Waals surface area contributed by atoms with Crippen LogP contribution in [0.2, 0.25) is 0 Å². The van der Waals surface area contributed by atoms with Crippen LogP contribution < -0.4 is 4.90 Å². The van der Waals surface area contributed by atoms with Gasteiger partial charge >= 0.3 is 5.97 Å². The average Bonchev–Trinajstić information content (AvgIpc) is 3.18. The average molecular weight is 493 g/mol. The second kappa shape index (κ2) is 9.00. The number of aliphatic carboxylic acids is 1. The summed E-state index contributed by atoms with van der Waals surface area (Å²) in [4.78, 5) is 23.7. The Kier molecular flexibility index (Phi) is 5.79. The molecule has 6 rings (SSSR count). The molecule has 8 heteroatoms. The summed E-state index contributed by atoms with van der Waals surface area (Å²) in [5.74, 6) is -2.07. The molecule has 1 aliphatic carbocycles. The first-order chi connectivity index (χ1) is 17.4. The normalized spacial score (nSPS) is 22.3. The predicted molar refractivity (Wildman–Crippen MR) is 136 cm³/mol. The molecule has 0 saturated heterocycles. The van der Waals surface area contributed by atoms with Crippen LogP contribution in [0.4, 0.5) is 14.5 Å². The van der Waals surface area contributed by atoms with Gasteiger partial charge in [0.2, 0.25) is 0 Å². The van der Waals surface area contributed by atoms with Gasteiger partial charge in [0.15, 0.2) is 11.6 Å². The molecule has 2 N–H and O–H groups in total. The molecule has 188 valence electrons. The van der Waals surface area contributed by atoms with E-state index < -0.39 is 17.6 Å². The standard InChI is InChI=1S/C28H30F2N4O2/c1-33-15-21-26-19(20-13-22(29)23(30)14-24(20)33)6-9-31-28(26)32-27(21)17-7-10-34(11-8-17)18-4-2-16(3-5-18)12-25(35)36/h6-7,9,13-14,16,18H,2-5,8,10-12,15H2,1H3,(H,31,32)(H,35,36)/t16-,18-. The van der Waals surface area contributed by atoms with E-state index in [9.17, 15) is 13.6 Å². The van der Waals surface area contributed by atoms with Gasteiger partial charge in [0, 0.05) is 79.3 Å². The number of aromatic nitrogens is 2. The van der Waals surface area contributed by atoms with Crippen LogP contribution in [0.5, 0.6) is 0 Å². The Morgan fingerprint density at radius 1 is 1.17 bits per heavy atom. The second-order valence-electron chi connectivity index (χ2n) is 10.4. The molecule has 0 atom stereocenters. The highest BCUT2D eigenvalue weighted by atomic mass is 19.2. The van der Waals surface area contributed by atoms with Gasteiger partial charge in [0.25, 0.3) is 0 Å². The predicted octanol–water partition coefficient (Wildman–Crippen LogP) is 5.58. The van der Waals surface area contributed by atoms with E-state index in [1.165, 1.54) is 17.7 Å². The second-order valence-corrected chi connectivity index (χ2v) is 10.4. The van der Waals surface area contributed by atoms with Crippen molar-refractivity contribution in [1.29, 1.82) is 0 Å². The van der Waals surface area contributed by atoms with Crippen LogP contribution in [0.25, 0.3) is 27.7 Å². The smallest absolute Gasteiger partial charge is 0.303 e. The Morgan fingerprint density at radius 3 is 2.67 bits per heavy atom. The number of carboxylic acids is 1. The van der Waals surface area contributed by atoms with Gasteiger partial charge in [-0.3, -0.25) is 9.69 Å². The summed E-state index contributed by atoms with van der Waals surface area (Å²) >= 11 is 0. The Hall–Kier alpha value is -3.26. The number of aromatic amines is 1. The van der Waals surface area contributed by atoms with Gasteiger partial charge in [0.1, 0.15) is 5.65 Å². The fourth-order valence-corrected chi connectivity index (χ4v) is 6.43. The van der Waals surface area contributed by atoms with E-state index in [1.807, 2.05) is 18.0 Å². The van der Waals surface area contributed by atoms with Crippen molar-refractivity contribution in [2.24, 2.45) is 5.92 Å². The summed E-state index contributed by atoms with van der Waals surface area (Å²) in [6.45, 7) is 2.40. The van der Waals surface area contributed by atoms with Crippen molar-refractivity contribution in [3.63, 3.8) is 0 Å². The molecule has 1 fully saturated rings. The van der Waals surface area contributed by atoms with Crippen molar-refractivity contribution in [2.75, 3.05) is 25.0 Å². The third kappa shape index (κ3) is 3.97. The number of hydrogen-bond donors (Lipinski definition) is 2. The lowest BCUT2D eigenvalue weighted by atomic mass is 9.83. The van der Waals surface area contributed by atoms with Gasteiger partial charge < -0.3 is 15.0 Å². The van der Waals surface area contributed by atoms with E-state index in [0.717, 1.165) is 73.0 Å². The SMILES string of the molecule is CN1Cc2c(C3=CCN([C@H]4CC[C@H](CC(=O)O)CC4)CC3)[nH]c3nccc(c23)-c2cc(F)c(F)cc21. The summed E-state index contributed by atoms with van der Waals surface area (Å²) in [7, 11) is 1.91. The van der Waals surface area contributed by atoms with Crippen molar-refractivity contribution in [1.82, 2.24) is 14.9 Å². The number of pyridine rings is 1. The molecule has 2 aliphatic heterocycles. The Bertz CT molecular complexity index is 1370. The summed E-state index contributed by atoms with van der Waals surface area (Å²) < 4.78 is 28.4. The third-order valence-corrected chi connectivity index (χ3v) is 8.29. The van der Waals surface area contributed by atoms with Crippen molar-refractivity contribution in [2.45, 2.75) is 51.1 Å². The highest BCUT2D eigenvalue weighted by Crippen LogP contribution is 2.44. The Labute approximate surface area is 208 Å². The minimum atomic E-state index is -0.849. The number of benzene rings is 1. The van der Waals surface area contributed by atoms with Gasteiger partial charge in [0.05, 0.1) is 0 Å². The number of fused-ring (bicyclic) bond motifs is 2. The Balaban J connectivity index is 1.28. The van der Waals surface area contributed by atoms with Crippen molar-refractivity contribution in [3.8, 4) is 11.1 Å². The van der Waals surface area contributed by atoms with E-state index in [0.29, 0.717) is 29.8 Å². The largest absolute Gasteiger partial charge is 0.481 e. The number of carboxylic acid groups (broad SMARTS) is 1. The maximum atomic E-state index is 14.2. The van der Waals surface area contributed by atoms with Crippen LogP contribution in [0.3, 0.4) is 0 Å². The van der Waals surface area contributed by atoms with Crippen LogP contribution >= 0.6 is 0 Å². The van der Waals surface area contributed by atoms with Crippen LogP contribution in [0, 0.1) is 17.6 Å². The molecule has 4 heterocycles. The topological polar surface area (TPSA) is 72.5 Å². The summed E-state index contributed by atoms with van der Waals surface area (Å²) in [6, 6.07) is 4.97. The fourth-order valence-electron chi connectivity index (χ4n) is 6.43. The maximum absolute atomic E-state index is 14.2. The first kappa shape index (κ1) is 23.2. The molecule has 3 aromatic rings. The highest BCUT2D eigenvalue weighted by Gasteiger charge is 2.30. The zero-order chi connectivity index (χ0) is 25.0. The summed E-state index contributed by atoms with van der Waals surface area (Å²) in [5.41, 5.74) is 6.41. The van der Waals surface area contributed by atoms with Gasteiger partial charge in [-0.1, -0.05) is 6.08 Å². The number of hydrogen-bond acceptors (Lipinski definition) is 4. The molecule has 0 radical (unpaired) electrons. The fraction of sp³-hybridized carbons (Fsp3) is 0.429. The summed E-state index contributed by atoms with van der Waals surface area (Å²) in [6.07, 6.45) is 9.29. The first-order valence-electron chi connectivity index (χ1n) is 12.7. The highest BCUT2D eigenvalue weighted by molar-refractivity contribution is 6.02. The minimum Gasteiger partial charge on any atom is -0.481 e. The molecular formula is C28H30F2N4O2. The molecule has 36 heavy (non-hydrogen) atoms. The maximum Gasteiger partial charge on any atom is 0.303 e. The molecule has 0 unspecified atom stereocenters. The van der Waals surface area contributed by atoms with Gasteiger partial charge in [-0.25, -0.2) is 13.8 Å². The number of nitrogens with one attached hydrogen (secondary N) is 1. The van der Waals surface area contributed by atoms with E-state index in [-0.39, 0.29) is 6.42 Å². The number of H-pyrrole nitrogens is 1. The zero-order valence-corrected chi connectivity index (χ0v) is 20.4. The molecule has 0 bridgehead atoms. The number of carbonyl (C=O) groups is 1. The third-order valence-electron chi connectivity index (χ3n) is 8.29. The molecular weight excluding hydrogens is 462 g/mol. The lowest BCUT2D eigenvalue weighted by molar-refractivity contribution is -0.138. The number of halogens is 2. The van der Waals surface area contributed by atoms with E-state index in [2.05, 4.69) is 20.9 Å². The lowest BCUT2D eigenvalue weighted by Gasteiger charge is -2.38. The molecule has 1 saturated carbocycles. The lowest BCUT2D eigenvalue weighted by Crippen LogP contribution is -2.40. The monoisotopic (exact) mass is 492 g/mol. The minimum absolute atomic E-state index is 0.285. The number of anilines is 1. The quantitative estimate of drug-likeness (QED) is 0.498. The number of nitrogens with zero attached hydrogens (tertiary/aromatic N) is 3. The van der Waals surface area contributed by atoms with E-state index in [1.54, 1.807) is 6.20 Å². The molecule has 0 amide bonds. The van der Waals surface area contributed by atoms with Crippen molar-refractivity contribution >= 4 is 28.3 Å². The number of rotatable bonds is 4. The van der Waals surface area contributed by atoms with E-state index >= 15 is 0 Å². The van der Waals surface area contributed by atoms with Gasteiger partial charge in [-0.05, 0) is 61.3 Å². The molecule has 0 spiro atoms. The molecule has 1 aromatic carbocycles. The van der Waals surface area contributed by atoms with Gasteiger partial charge in [-0.15, -0.1) is 0 Å². The molecule has 3 aliphatic rings. The molecule has 2 aromatic heterocycles. The zero-order valence-electron chi connectivity index (χ0n) is 20.4. The van der Waals surface area contributed by atoms with Crippen molar-refractivity contribution in [3.05, 3.63) is 53.4 Å². The van der Waals surface area contributed by atoms with Crippen molar-refractivity contribution < 1.29 is 18.7 Å². The van der Waals surface area contributed by atoms with Crippen LogP contribution in [0.15, 0.2) is 30.5 Å². The molecule has 6 nitrogen and oxygen atoms in total. The summed E-state index contributed by atoms with van der Waals surface area (Å²) in [5, 5.41) is 10.1.